The van der Waals surface area contributed by atoms with Crippen molar-refractivity contribution in [1.82, 2.24) is 4.90 Å². The van der Waals surface area contributed by atoms with E-state index in [1.54, 1.807) is 11.0 Å². The average Bonchev–Trinajstić information content (AvgIpc) is 2.66. The molecule has 152 valence electrons. The maximum absolute atomic E-state index is 13.6. The van der Waals surface area contributed by atoms with Crippen molar-refractivity contribution >= 4 is 27.6 Å². The number of halogens is 2. The van der Waals surface area contributed by atoms with Crippen LogP contribution in [0.2, 0.25) is 5.02 Å². The smallest absolute Gasteiger partial charge is 0.308 e. The molecule has 0 N–H and O–H groups in total. The van der Waals surface area contributed by atoms with Crippen molar-refractivity contribution < 1.29 is 21.8 Å². The maximum atomic E-state index is 13.6. The molecule has 0 bridgehead atoms. The molecule has 0 fully saturated rings. The molecule has 2 rings (SSSR count). The Bertz CT molecular complexity index is 949. The Hall–Kier alpha value is -2.12. The van der Waals surface area contributed by atoms with Crippen LogP contribution in [0.15, 0.2) is 42.5 Å². The third-order valence-corrected chi connectivity index (χ3v) is 5.76. The third-order valence-electron chi connectivity index (χ3n) is 4.39. The quantitative estimate of drug-likeness (QED) is 0.575. The Labute approximate surface area is 170 Å². The summed E-state index contributed by atoms with van der Waals surface area (Å²) in [6, 6.07) is 9.83. The highest BCUT2D eigenvalue weighted by atomic mass is 35.5. The van der Waals surface area contributed by atoms with Gasteiger partial charge in [0.15, 0.2) is 0 Å². The van der Waals surface area contributed by atoms with Crippen molar-refractivity contribution in [2.24, 2.45) is 0 Å². The van der Waals surface area contributed by atoms with Crippen LogP contribution in [-0.4, -0.2) is 31.0 Å². The van der Waals surface area contributed by atoms with E-state index >= 15 is 0 Å². The summed E-state index contributed by atoms with van der Waals surface area (Å²) in [7, 11) is -3.74. The molecule has 0 aliphatic heterocycles. The molecule has 1 unspecified atom stereocenters. The lowest BCUT2D eigenvalue weighted by atomic mass is 10.1. The molecule has 0 radical (unpaired) electrons. The predicted molar refractivity (Wildman–Crippen MR) is 108 cm³/mol. The largest absolute Gasteiger partial charge is 0.382 e. The monoisotopic (exact) mass is 427 g/mol. The van der Waals surface area contributed by atoms with E-state index in [-0.39, 0.29) is 35.6 Å². The Kier molecular flexibility index (Phi) is 7.43. The first-order valence-electron chi connectivity index (χ1n) is 8.94. The highest BCUT2D eigenvalue weighted by Gasteiger charge is 2.24. The molecule has 0 saturated heterocycles. The number of hydrogen-bond acceptors (Lipinski definition) is 4. The number of carbonyl (C=O) groups excluding carboxylic acids is 1. The van der Waals surface area contributed by atoms with E-state index in [1.165, 1.54) is 43.3 Å². The van der Waals surface area contributed by atoms with Gasteiger partial charge in [-0.25, -0.2) is 4.39 Å². The van der Waals surface area contributed by atoms with Gasteiger partial charge in [0, 0.05) is 22.2 Å². The maximum Gasteiger partial charge on any atom is 0.308 e. The normalized spacial score (nSPS) is 12.5. The van der Waals surface area contributed by atoms with Gasteiger partial charge in [0.05, 0.1) is 12.3 Å². The van der Waals surface area contributed by atoms with E-state index < -0.39 is 15.9 Å². The topological polar surface area (TPSA) is 63.7 Å². The van der Waals surface area contributed by atoms with Crippen LogP contribution < -0.4 is 4.18 Å². The molecule has 1 amide bonds. The molecule has 0 heterocycles. The molecular weight excluding hydrogens is 405 g/mol. The first kappa shape index (κ1) is 22.2. The van der Waals surface area contributed by atoms with Crippen molar-refractivity contribution in [3.8, 4) is 5.75 Å². The van der Waals surface area contributed by atoms with Gasteiger partial charge in [0.1, 0.15) is 11.6 Å². The molecular formula is C20H23ClFNO4S. The zero-order valence-electron chi connectivity index (χ0n) is 16.0. The predicted octanol–water partition coefficient (Wildman–Crippen LogP) is 4.65. The summed E-state index contributed by atoms with van der Waals surface area (Å²) in [5, 5.41) is 0.388. The number of hydrogen-bond donors (Lipinski definition) is 0. The molecule has 2 aromatic carbocycles. The van der Waals surface area contributed by atoms with Gasteiger partial charge in [0.2, 0.25) is 0 Å². The minimum absolute atomic E-state index is 0.0689. The fourth-order valence-corrected chi connectivity index (χ4v) is 3.32. The first-order valence-corrected chi connectivity index (χ1v) is 10.9. The van der Waals surface area contributed by atoms with Crippen LogP contribution in [0.4, 0.5) is 4.39 Å². The highest BCUT2D eigenvalue weighted by molar-refractivity contribution is 7.87. The summed E-state index contributed by atoms with van der Waals surface area (Å²) in [4.78, 5) is 14.6. The second-order valence-electron chi connectivity index (χ2n) is 6.38. The lowest BCUT2D eigenvalue weighted by Crippen LogP contribution is -2.38. The van der Waals surface area contributed by atoms with Crippen LogP contribution in [0, 0.1) is 5.82 Å². The Morgan fingerprint density at radius 2 is 1.93 bits per heavy atom. The SMILES string of the molecule is CCC(C)N(Cc1cc(Cl)ccc1OS(=O)(=O)CC)C(=O)c1cccc(F)c1. The third kappa shape index (κ3) is 5.69. The standard InChI is InChI=1S/C20H23ClFNO4S/c1-4-14(3)23(20(24)15-7-6-8-18(22)12-15)13-16-11-17(21)9-10-19(16)27-28(25,26)5-2/h6-12,14H,4-5,13H2,1-3H3. The van der Waals surface area contributed by atoms with Crippen LogP contribution in [-0.2, 0) is 16.7 Å². The summed E-state index contributed by atoms with van der Waals surface area (Å²) in [6.07, 6.45) is 0.658. The van der Waals surface area contributed by atoms with Crippen LogP contribution in [0.3, 0.4) is 0 Å². The molecule has 8 heteroatoms. The molecule has 0 aliphatic rings. The number of carbonyl (C=O) groups is 1. The fraction of sp³-hybridized carbons (Fsp3) is 0.350. The molecule has 0 aromatic heterocycles. The van der Waals surface area contributed by atoms with E-state index in [9.17, 15) is 17.6 Å². The van der Waals surface area contributed by atoms with Crippen molar-refractivity contribution in [3.63, 3.8) is 0 Å². The Morgan fingerprint density at radius 1 is 1.21 bits per heavy atom. The van der Waals surface area contributed by atoms with Gasteiger partial charge in [0.25, 0.3) is 5.91 Å². The summed E-state index contributed by atoms with van der Waals surface area (Å²) in [5.41, 5.74) is 0.667. The average molecular weight is 428 g/mol. The van der Waals surface area contributed by atoms with E-state index in [1.807, 2.05) is 13.8 Å². The number of benzene rings is 2. The summed E-state index contributed by atoms with van der Waals surface area (Å²) in [5.74, 6) is -0.938. The fourth-order valence-electron chi connectivity index (χ4n) is 2.57. The highest BCUT2D eigenvalue weighted by Crippen LogP contribution is 2.27. The zero-order valence-corrected chi connectivity index (χ0v) is 17.6. The second-order valence-corrected chi connectivity index (χ2v) is 8.68. The van der Waals surface area contributed by atoms with Crippen molar-refractivity contribution in [3.05, 3.63) is 64.4 Å². The summed E-state index contributed by atoms with van der Waals surface area (Å²) in [6.45, 7) is 5.34. The first-order chi connectivity index (χ1) is 13.2. The van der Waals surface area contributed by atoms with E-state index in [0.29, 0.717) is 17.0 Å². The molecule has 0 aliphatic carbocycles. The van der Waals surface area contributed by atoms with Crippen LogP contribution in [0.5, 0.6) is 5.75 Å². The lowest BCUT2D eigenvalue weighted by molar-refractivity contribution is 0.0670. The van der Waals surface area contributed by atoms with Gasteiger partial charge in [-0.05, 0) is 56.7 Å². The van der Waals surface area contributed by atoms with Crippen LogP contribution in [0.1, 0.15) is 43.1 Å². The number of rotatable bonds is 8. The van der Waals surface area contributed by atoms with Crippen molar-refractivity contribution in [2.75, 3.05) is 5.75 Å². The Morgan fingerprint density at radius 3 is 2.54 bits per heavy atom. The summed E-state index contributed by atoms with van der Waals surface area (Å²) < 4.78 is 42.5. The van der Waals surface area contributed by atoms with Crippen molar-refractivity contribution in [1.29, 1.82) is 0 Å². The number of amides is 1. The van der Waals surface area contributed by atoms with E-state index in [0.717, 1.165) is 0 Å². The molecule has 1 atom stereocenters. The van der Waals surface area contributed by atoms with Crippen molar-refractivity contribution in [2.45, 2.75) is 39.8 Å². The minimum atomic E-state index is -3.74. The number of nitrogens with zero attached hydrogens (tertiary/aromatic N) is 1. The molecule has 28 heavy (non-hydrogen) atoms. The molecule has 0 saturated carbocycles. The van der Waals surface area contributed by atoms with E-state index in [4.69, 9.17) is 15.8 Å². The van der Waals surface area contributed by atoms with Crippen LogP contribution in [0.25, 0.3) is 0 Å². The van der Waals surface area contributed by atoms with Crippen LogP contribution >= 0.6 is 11.6 Å². The van der Waals surface area contributed by atoms with Gasteiger partial charge in [-0.15, -0.1) is 0 Å². The van der Waals surface area contributed by atoms with Gasteiger partial charge in [-0.2, -0.15) is 8.42 Å². The second kappa shape index (κ2) is 9.39. The molecule has 2 aromatic rings. The lowest BCUT2D eigenvalue weighted by Gasteiger charge is -2.29. The zero-order chi connectivity index (χ0) is 20.9. The molecule has 0 spiro atoms. The molecule has 5 nitrogen and oxygen atoms in total. The Balaban J connectivity index is 2.42. The van der Waals surface area contributed by atoms with Gasteiger partial charge < -0.3 is 9.08 Å². The van der Waals surface area contributed by atoms with E-state index in [2.05, 4.69) is 0 Å². The minimum Gasteiger partial charge on any atom is -0.382 e. The summed E-state index contributed by atoms with van der Waals surface area (Å²) >= 11 is 6.08. The van der Waals surface area contributed by atoms with Gasteiger partial charge >= 0.3 is 10.1 Å². The van der Waals surface area contributed by atoms with Gasteiger partial charge in [-0.3, -0.25) is 4.79 Å². The van der Waals surface area contributed by atoms with Gasteiger partial charge in [-0.1, -0.05) is 24.6 Å².